The van der Waals surface area contributed by atoms with E-state index in [-0.39, 0.29) is 68.4 Å². The van der Waals surface area contributed by atoms with Gasteiger partial charge in [0.25, 0.3) is 0 Å². The van der Waals surface area contributed by atoms with Crippen LogP contribution >= 0.6 is 0 Å². The smallest absolute Gasteiger partial charge is 0.197 e. The zero-order valence-corrected chi connectivity index (χ0v) is 20.5. The molecule has 40 heavy (non-hydrogen) atoms. The fourth-order valence-electron chi connectivity index (χ4n) is 4.89. The number of fused-ring (bicyclic) bond motifs is 2. The number of carbonyl (C=O) groups is 1. The lowest BCUT2D eigenvalue weighted by Gasteiger charge is -2.28. The van der Waals surface area contributed by atoms with Gasteiger partial charge in [-0.1, -0.05) is 12.1 Å². The SMILES string of the molecule is O=C1C[C@H](c2ccc(O)cc2)Oc2c1c(O)cc(O)c2-c1cc(-c2cc(=O)c3c(O)cc(O)cc3o2)ccc1O. The van der Waals surface area contributed by atoms with Gasteiger partial charge in [0.2, 0.25) is 0 Å². The minimum absolute atomic E-state index is 0.00640. The molecule has 4 aromatic carbocycles. The van der Waals surface area contributed by atoms with E-state index >= 15 is 0 Å². The van der Waals surface area contributed by atoms with Crippen LogP contribution in [0.5, 0.6) is 40.2 Å². The summed E-state index contributed by atoms with van der Waals surface area (Å²) < 4.78 is 11.9. The first-order valence-corrected chi connectivity index (χ1v) is 12.0. The van der Waals surface area contributed by atoms with E-state index in [4.69, 9.17) is 9.15 Å². The summed E-state index contributed by atoms with van der Waals surface area (Å²) >= 11 is 0. The summed E-state index contributed by atoms with van der Waals surface area (Å²) in [6.07, 6.45) is -0.937. The highest BCUT2D eigenvalue weighted by atomic mass is 16.5. The summed E-state index contributed by atoms with van der Waals surface area (Å²) in [4.78, 5) is 25.9. The van der Waals surface area contributed by atoms with Crippen molar-refractivity contribution in [1.82, 2.24) is 0 Å². The second kappa shape index (κ2) is 8.98. The second-order valence-corrected chi connectivity index (χ2v) is 9.36. The molecular weight excluding hydrogens is 520 g/mol. The van der Waals surface area contributed by atoms with Crippen LogP contribution in [-0.2, 0) is 0 Å². The Morgan fingerprint density at radius 3 is 2.15 bits per heavy atom. The Kier molecular flexibility index (Phi) is 5.54. The van der Waals surface area contributed by atoms with Crippen molar-refractivity contribution in [2.24, 2.45) is 0 Å². The number of ketones is 1. The maximum absolute atomic E-state index is 13.1. The lowest BCUT2D eigenvalue weighted by Crippen LogP contribution is -2.21. The summed E-state index contributed by atoms with van der Waals surface area (Å²) in [7, 11) is 0. The maximum atomic E-state index is 13.1. The van der Waals surface area contributed by atoms with Crippen molar-refractivity contribution < 1.29 is 44.6 Å². The highest BCUT2D eigenvalue weighted by Gasteiger charge is 2.35. The Hall–Kier alpha value is -5.64. The fraction of sp³-hybridized carbons (Fsp3) is 0.0667. The van der Waals surface area contributed by atoms with Crippen molar-refractivity contribution in [3.63, 3.8) is 0 Å². The third-order valence-electron chi connectivity index (χ3n) is 6.76. The Balaban J connectivity index is 1.53. The highest BCUT2D eigenvalue weighted by molar-refractivity contribution is 6.06. The van der Waals surface area contributed by atoms with Crippen LogP contribution in [-0.4, -0.2) is 36.4 Å². The number of hydrogen-bond donors (Lipinski definition) is 6. The van der Waals surface area contributed by atoms with Crippen LogP contribution in [0.1, 0.15) is 28.4 Å². The summed E-state index contributed by atoms with van der Waals surface area (Å²) in [5, 5.41) is 61.6. The predicted molar refractivity (Wildman–Crippen MR) is 142 cm³/mol. The minimum atomic E-state index is -0.815. The molecule has 200 valence electrons. The largest absolute Gasteiger partial charge is 0.508 e. The van der Waals surface area contributed by atoms with Crippen LogP contribution in [0.25, 0.3) is 33.4 Å². The first-order chi connectivity index (χ1) is 19.1. The maximum Gasteiger partial charge on any atom is 0.197 e. The second-order valence-electron chi connectivity index (χ2n) is 9.36. The Morgan fingerprint density at radius 1 is 0.675 bits per heavy atom. The van der Waals surface area contributed by atoms with Gasteiger partial charge in [0.1, 0.15) is 68.6 Å². The molecule has 0 bridgehead atoms. The van der Waals surface area contributed by atoms with E-state index in [9.17, 15) is 40.2 Å². The standard InChI is InChI=1S/C30H20O10/c31-15-4-1-13(2-5-15)24-12-23(38)29-21(36)10-20(35)27(30(29)40-24)17-7-14(3-6-18(17)33)25-11-22(37)28-19(34)8-16(32)9-26(28)39-25/h1-11,24,31-36H,12H2/t24-/m1/s1. The molecule has 2 heterocycles. The van der Waals surface area contributed by atoms with Crippen molar-refractivity contribution in [3.05, 3.63) is 88.1 Å². The van der Waals surface area contributed by atoms with E-state index in [1.165, 1.54) is 36.4 Å². The molecule has 0 saturated carbocycles. The molecule has 0 fully saturated rings. The number of rotatable bonds is 3. The van der Waals surface area contributed by atoms with Gasteiger partial charge in [-0.15, -0.1) is 0 Å². The molecule has 0 radical (unpaired) electrons. The molecular formula is C30H20O10. The van der Waals surface area contributed by atoms with Gasteiger partial charge in [0.15, 0.2) is 11.2 Å². The lowest BCUT2D eigenvalue weighted by atomic mass is 9.90. The Labute approximate surface area is 224 Å². The Bertz CT molecular complexity index is 1900. The summed E-state index contributed by atoms with van der Waals surface area (Å²) in [6, 6.07) is 14.5. The molecule has 1 aliphatic heterocycles. The van der Waals surface area contributed by atoms with Gasteiger partial charge in [-0.2, -0.15) is 0 Å². The highest BCUT2D eigenvalue weighted by Crippen LogP contribution is 2.52. The average molecular weight is 540 g/mol. The fourth-order valence-corrected chi connectivity index (χ4v) is 4.89. The molecule has 5 aromatic rings. The molecule has 6 N–H and O–H groups in total. The summed E-state index contributed by atoms with van der Waals surface area (Å²) in [5.74, 6) is -2.64. The monoisotopic (exact) mass is 540 g/mol. The van der Waals surface area contributed by atoms with Gasteiger partial charge in [0.05, 0.1) is 12.0 Å². The third kappa shape index (κ3) is 3.99. The van der Waals surface area contributed by atoms with Crippen LogP contribution in [0, 0.1) is 0 Å². The molecule has 1 atom stereocenters. The summed E-state index contributed by atoms with van der Waals surface area (Å²) in [6.45, 7) is 0. The molecule has 0 unspecified atom stereocenters. The van der Waals surface area contributed by atoms with Crippen LogP contribution < -0.4 is 10.2 Å². The van der Waals surface area contributed by atoms with Crippen LogP contribution in [0.3, 0.4) is 0 Å². The lowest BCUT2D eigenvalue weighted by molar-refractivity contribution is 0.0846. The molecule has 0 amide bonds. The van der Waals surface area contributed by atoms with Gasteiger partial charge < -0.3 is 39.8 Å². The predicted octanol–water partition coefficient (Wildman–Crippen LogP) is 5.07. The molecule has 1 aliphatic rings. The first kappa shape index (κ1) is 24.7. The summed E-state index contributed by atoms with van der Waals surface area (Å²) in [5.41, 5.74) is -0.0738. The average Bonchev–Trinajstić information content (AvgIpc) is 2.89. The Morgan fingerprint density at radius 2 is 1.40 bits per heavy atom. The van der Waals surface area contributed by atoms with Crippen LogP contribution in [0.15, 0.2) is 75.9 Å². The van der Waals surface area contributed by atoms with Gasteiger partial charge >= 0.3 is 0 Å². The number of benzene rings is 4. The first-order valence-electron chi connectivity index (χ1n) is 12.0. The van der Waals surface area contributed by atoms with Crippen molar-refractivity contribution in [2.75, 3.05) is 0 Å². The minimum Gasteiger partial charge on any atom is -0.508 e. The zero-order valence-electron chi connectivity index (χ0n) is 20.5. The van der Waals surface area contributed by atoms with Crippen LogP contribution in [0.4, 0.5) is 0 Å². The molecule has 1 aromatic heterocycles. The van der Waals surface area contributed by atoms with Crippen molar-refractivity contribution in [2.45, 2.75) is 12.5 Å². The van der Waals surface area contributed by atoms with E-state index in [1.807, 2.05) is 0 Å². The van der Waals surface area contributed by atoms with Gasteiger partial charge in [-0.05, 0) is 35.9 Å². The zero-order chi connectivity index (χ0) is 28.3. The van der Waals surface area contributed by atoms with E-state index in [0.717, 1.165) is 18.2 Å². The van der Waals surface area contributed by atoms with Crippen LogP contribution in [0.2, 0.25) is 0 Å². The number of ether oxygens (including phenoxy) is 1. The van der Waals surface area contributed by atoms with Gasteiger partial charge in [-0.25, -0.2) is 0 Å². The molecule has 10 heteroatoms. The normalized spacial score (nSPS) is 14.6. The van der Waals surface area contributed by atoms with Crippen molar-refractivity contribution in [3.8, 4) is 62.7 Å². The molecule has 10 nitrogen and oxygen atoms in total. The van der Waals surface area contributed by atoms with Gasteiger partial charge in [-0.3, -0.25) is 9.59 Å². The number of phenols is 6. The van der Waals surface area contributed by atoms with E-state index in [0.29, 0.717) is 5.56 Å². The number of phenolic OH excluding ortho intramolecular Hbond substituents is 6. The van der Waals surface area contributed by atoms with E-state index < -0.39 is 34.6 Å². The number of aromatic hydroxyl groups is 6. The number of hydrogen-bond acceptors (Lipinski definition) is 10. The van der Waals surface area contributed by atoms with Crippen molar-refractivity contribution >= 4 is 16.8 Å². The van der Waals surface area contributed by atoms with Crippen molar-refractivity contribution in [1.29, 1.82) is 0 Å². The number of carbonyl (C=O) groups excluding carboxylic acids is 1. The number of Topliss-reactive ketones (excluding diaryl/α,β-unsaturated/α-hetero) is 1. The molecule has 0 spiro atoms. The molecule has 0 aliphatic carbocycles. The van der Waals surface area contributed by atoms with E-state index in [2.05, 4.69) is 0 Å². The molecule has 0 saturated heterocycles. The van der Waals surface area contributed by atoms with E-state index in [1.54, 1.807) is 12.1 Å². The topological polar surface area (TPSA) is 178 Å². The molecule has 6 rings (SSSR count). The van der Waals surface area contributed by atoms with Gasteiger partial charge in [0, 0.05) is 35.4 Å². The third-order valence-corrected chi connectivity index (χ3v) is 6.76. The quantitative estimate of drug-likeness (QED) is 0.181.